The molecule has 0 spiro atoms. The van der Waals surface area contributed by atoms with E-state index in [2.05, 4.69) is 24.2 Å². The molecule has 0 radical (unpaired) electrons. The lowest BCUT2D eigenvalue weighted by molar-refractivity contribution is 0.149. The first kappa shape index (κ1) is 8.97. The zero-order valence-electron chi connectivity index (χ0n) is 7.38. The molecule has 1 fully saturated rings. The van der Waals surface area contributed by atoms with Crippen LogP contribution in [0.4, 0.5) is 0 Å². The lowest BCUT2D eigenvalue weighted by atomic mass is 10.0. The monoisotopic (exact) mass is 158 g/mol. The first-order chi connectivity index (χ1) is 5.24. The minimum atomic E-state index is 0.283. The highest BCUT2D eigenvalue weighted by atomic mass is 16.3. The van der Waals surface area contributed by atoms with Crippen molar-refractivity contribution in [1.29, 1.82) is 0 Å². The van der Waals surface area contributed by atoms with Gasteiger partial charge in [0.1, 0.15) is 0 Å². The summed E-state index contributed by atoms with van der Waals surface area (Å²) < 4.78 is 0. The molecule has 3 nitrogen and oxygen atoms in total. The summed E-state index contributed by atoms with van der Waals surface area (Å²) in [5.74, 6) is 0.373. The Morgan fingerprint density at radius 2 is 2.45 bits per heavy atom. The second-order valence-corrected chi connectivity index (χ2v) is 3.48. The molecule has 0 bridgehead atoms. The van der Waals surface area contributed by atoms with E-state index in [0.29, 0.717) is 12.0 Å². The molecule has 1 rings (SSSR count). The van der Waals surface area contributed by atoms with E-state index in [9.17, 15) is 0 Å². The molecule has 0 aromatic heterocycles. The molecule has 2 unspecified atom stereocenters. The van der Waals surface area contributed by atoms with Gasteiger partial charge in [-0.25, -0.2) is 0 Å². The van der Waals surface area contributed by atoms with Crippen molar-refractivity contribution >= 4 is 0 Å². The highest BCUT2D eigenvalue weighted by molar-refractivity contribution is 4.80. The predicted octanol–water partition coefficient (Wildman–Crippen LogP) is -0.482. The predicted molar refractivity (Wildman–Crippen MR) is 45.5 cm³/mol. The second kappa shape index (κ2) is 4.04. The number of hydrogen-bond donors (Lipinski definition) is 2. The maximum Gasteiger partial charge on any atom is 0.0471 e. The van der Waals surface area contributed by atoms with E-state index in [1.54, 1.807) is 0 Å². The smallest absolute Gasteiger partial charge is 0.0471 e. The van der Waals surface area contributed by atoms with Crippen LogP contribution in [-0.4, -0.2) is 49.3 Å². The third-order valence-corrected chi connectivity index (χ3v) is 2.38. The van der Waals surface area contributed by atoms with Crippen LogP contribution in [0.2, 0.25) is 0 Å². The summed E-state index contributed by atoms with van der Waals surface area (Å²) in [6.07, 6.45) is 0. The van der Waals surface area contributed by atoms with Crippen LogP contribution in [0.15, 0.2) is 0 Å². The third-order valence-electron chi connectivity index (χ3n) is 2.38. The fourth-order valence-electron chi connectivity index (χ4n) is 1.44. The summed E-state index contributed by atoms with van der Waals surface area (Å²) >= 11 is 0. The van der Waals surface area contributed by atoms with Crippen molar-refractivity contribution in [3.05, 3.63) is 0 Å². The molecule has 0 aromatic rings. The number of aliphatic hydroxyl groups is 1. The maximum absolute atomic E-state index is 8.91. The molecule has 1 aliphatic rings. The SMILES string of the molecule is CC(CO)C1CN(C)CCN1. The van der Waals surface area contributed by atoms with Gasteiger partial charge in [-0.05, 0) is 13.0 Å². The Balaban J connectivity index is 2.33. The zero-order chi connectivity index (χ0) is 8.27. The van der Waals surface area contributed by atoms with E-state index in [-0.39, 0.29) is 6.61 Å². The van der Waals surface area contributed by atoms with Gasteiger partial charge in [0.25, 0.3) is 0 Å². The van der Waals surface area contributed by atoms with Crippen LogP contribution < -0.4 is 5.32 Å². The number of likely N-dealkylation sites (N-methyl/N-ethyl adjacent to an activating group) is 1. The lowest BCUT2D eigenvalue weighted by Crippen LogP contribution is -2.52. The molecular formula is C8H18N2O. The zero-order valence-corrected chi connectivity index (χ0v) is 7.38. The van der Waals surface area contributed by atoms with Crippen molar-refractivity contribution in [2.24, 2.45) is 5.92 Å². The van der Waals surface area contributed by atoms with Crippen molar-refractivity contribution in [3.63, 3.8) is 0 Å². The van der Waals surface area contributed by atoms with Crippen LogP contribution in [0.5, 0.6) is 0 Å². The van der Waals surface area contributed by atoms with E-state index in [1.165, 1.54) is 0 Å². The normalized spacial score (nSPS) is 30.3. The fourth-order valence-corrected chi connectivity index (χ4v) is 1.44. The van der Waals surface area contributed by atoms with Crippen molar-refractivity contribution in [2.45, 2.75) is 13.0 Å². The molecule has 0 saturated carbocycles. The van der Waals surface area contributed by atoms with Gasteiger partial charge in [-0.15, -0.1) is 0 Å². The van der Waals surface area contributed by atoms with Crippen molar-refractivity contribution in [1.82, 2.24) is 10.2 Å². The van der Waals surface area contributed by atoms with Gasteiger partial charge in [-0.1, -0.05) is 6.92 Å². The van der Waals surface area contributed by atoms with Crippen LogP contribution in [0.25, 0.3) is 0 Å². The molecule has 0 amide bonds. The lowest BCUT2D eigenvalue weighted by Gasteiger charge is -2.33. The van der Waals surface area contributed by atoms with E-state index in [0.717, 1.165) is 19.6 Å². The Bertz CT molecular complexity index is 119. The topological polar surface area (TPSA) is 35.5 Å². The molecule has 2 N–H and O–H groups in total. The van der Waals surface area contributed by atoms with Crippen molar-refractivity contribution in [2.75, 3.05) is 33.3 Å². The molecule has 3 heteroatoms. The van der Waals surface area contributed by atoms with Crippen LogP contribution in [0, 0.1) is 5.92 Å². The number of hydrogen-bond acceptors (Lipinski definition) is 3. The molecular weight excluding hydrogens is 140 g/mol. The Morgan fingerprint density at radius 1 is 1.73 bits per heavy atom. The third kappa shape index (κ3) is 2.43. The summed E-state index contributed by atoms with van der Waals surface area (Å²) in [6.45, 7) is 5.59. The van der Waals surface area contributed by atoms with Gasteiger partial charge < -0.3 is 15.3 Å². The minimum Gasteiger partial charge on any atom is -0.396 e. The van der Waals surface area contributed by atoms with Gasteiger partial charge >= 0.3 is 0 Å². The Morgan fingerprint density at radius 3 is 3.00 bits per heavy atom. The first-order valence-electron chi connectivity index (χ1n) is 4.27. The van der Waals surface area contributed by atoms with Crippen LogP contribution >= 0.6 is 0 Å². The van der Waals surface area contributed by atoms with E-state index >= 15 is 0 Å². The Labute approximate surface area is 68.4 Å². The average molecular weight is 158 g/mol. The largest absolute Gasteiger partial charge is 0.396 e. The van der Waals surface area contributed by atoms with Gasteiger partial charge in [0.15, 0.2) is 0 Å². The molecule has 0 aromatic carbocycles. The van der Waals surface area contributed by atoms with Gasteiger partial charge in [0.2, 0.25) is 0 Å². The highest BCUT2D eigenvalue weighted by Crippen LogP contribution is 2.06. The van der Waals surface area contributed by atoms with Crippen LogP contribution in [0.3, 0.4) is 0 Å². The van der Waals surface area contributed by atoms with Gasteiger partial charge in [-0.3, -0.25) is 0 Å². The number of aliphatic hydroxyl groups excluding tert-OH is 1. The summed E-state index contributed by atoms with van der Waals surface area (Å²) in [7, 11) is 2.12. The number of piperazine rings is 1. The van der Waals surface area contributed by atoms with Crippen LogP contribution in [0.1, 0.15) is 6.92 Å². The Hall–Kier alpha value is -0.120. The summed E-state index contributed by atoms with van der Waals surface area (Å²) in [6, 6.07) is 0.471. The summed E-state index contributed by atoms with van der Waals surface area (Å²) in [5, 5.41) is 12.3. The Kier molecular flexibility index (Phi) is 3.30. The van der Waals surface area contributed by atoms with Gasteiger partial charge in [0, 0.05) is 32.3 Å². The standard InChI is InChI=1S/C8H18N2O/c1-7(6-11)8-5-10(2)4-3-9-8/h7-9,11H,3-6H2,1-2H3. The highest BCUT2D eigenvalue weighted by Gasteiger charge is 2.20. The fraction of sp³-hybridized carbons (Fsp3) is 1.00. The second-order valence-electron chi connectivity index (χ2n) is 3.48. The minimum absolute atomic E-state index is 0.283. The average Bonchev–Trinajstić information content (AvgIpc) is 2.03. The molecule has 1 heterocycles. The molecule has 11 heavy (non-hydrogen) atoms. The number of rotatable bonds is 2. The van der Waals surface area contributed by atoms with E-state index in [1.807, 2.05) is 0 Å². The van der Waals surface area contributed by atoms with Crippen molar-refractivity contribution < 1.29 is 5.11 Å². The maximum atomic E-state index is 8.91. The van der Waals surface area contributed by atoms with Crippen LogP contribution in [-0.2, 0) is 0 Å². The molecule has 66 valence electrons. The first-order valence-corrected chi connectivity index (χ1v) is 4.27. The quantitative estimate of drug-likeness (QED) is 0.570. The molecule has 1 aliphatic heterocycles. The van der Waals surface area contributed by atoms with Crippen molar-refractivity contribution in [3.8, 4) is 0 Å². The summed E-state index contributed by atoms with van der Waals surface area (Å²) in [5.41, 5.74) is 0. The van der Waals surface area contributed by atoms with Gasteiger partial charge in [0.05, 0.1) is 0 Å². The van der Waals surface area contributed by atoms with E-state index in [4.69, 9.17) is 5.11 Å². The number of nitrogens with zero attached hydrogens (tertiary/aromatic N) is 1. The molecule has 1 saturated heterocycles. The summed E-state index contributed by atoms with van der Waals surface area (Å²) in [4.78, 5) is 2.30. The van der Waals surface area contributed by atoms with Gasteiger partial charge in [-0.2, -0.15) is 0 Å². The number of nitrogens with one attached hydrogen (secondary N) is 1. The molecule has 0 aliphatic carbocycles. The van der Waals surface area contributed by atoms with E-state index < -0.39 is 0 Å². The molecule has 2 atom stereocenters.